The first-order valence-electron chi connectivity index (χ1n) is 9.50. The van der Waals surface area contributed by atoms with E-state index in [1.54, 1.807) is 12.1 Å². The summed E-state index contributed by atoms with van der Waals surface area (Å²) in [6, 6.07) is 8.65. The van der Waals surface area contributed by atoms with Gasteiger partial charge < -0.3 is 10.6 Å². The van der Waals surface area contributed by atoms with E-state index in [1.165, 1.54) is 35.5 Å². The van der Waals surface area contributed by atoms with Crippen molar-refractivity contribution in [1.82, 2.24) is 20.1 Å². The molecule has 0 saturated carbocycles. The van der Waals surface area contributed by atoms with Crippen molar-refractivity contribution in [3.8, 4) is 5.69 Å². The highest BCUT2D eigenvalue weighted by molar-refractivity contribution is 5.94. The standard InChI is InChI=1S/C21H21F4N5O/c1-13(2)20(14-3-6-16(22)7-4-14)27-10-19(31)29-17-9-15(21(23,24)25)5-8-18(17)30-12-26-11-28-30/h3-9,11-13,20,27H,10H2,1-2H3,(H,29,31)/t20-/m0/s1. The van der Waals surface area contributed by atoms with Gasteiger partial charge in [-0.2, -0.15) is 18.3 Å². The van der Waals surface area contributed by atoms with Gasteiger partial charge in [-0.05, 0) is 41.8 Å². The summed E-state index contributed by atoms with van der Waals surface area (Å²) in [6.45, 7) is 3.72. The van der Waals surface area contributed by atoms with Crippen LogP contribution in [0.1, 0.15) is 31.0 Å². The fraction of sp³-hybridized carbons (Fsp3) is 0.286. The molecule has 164 valence electrons. The molecule has 0 fully saturated rings. The maximum atomic E-state index is 13.2. The van der Waals surface area contributed by atoms with Crippen LogP contribution in [0.3, 0.4) is 0 Å². The van der Waals surface area contributed by atoms with Gasteiger partial charge in [-0.25, -0.2) is 14.1 Å². The fourth-order valence-electron chi connectivity index (χ4n) is 3.15. The van der Waals surface area contributed by atoms with Gasteiger partial charge in [0.15, 0.2) is 0 Å². The van der Waals surface area contributed by atoms with Gasteiger partial charge in [0.1, 0.15) is 18.5 Å². The summed E-state index contributed by atoms with van der Waals surface area (Å²) in [5.41, 5.74) is 0.102. The third-order valence-corrected chi connectivity index (χ3v) is 4.64. The molecule has 2 aromatic carbocycles. The lowest BCUT2D eigenvalue weighted by Gasteiger charge is -2.23. The summed E-state index contributed by atoms with van der Waals surface area (Å²) in [5.74, 6) is -0.819. The molecular weight excluding hydrogens is 414 g/mol. The molecule has 31 heavy (non-hydrogen) atoms. The second-order valence-electron chi connectivity index (χ2n) is 7.27. The topological polar surface area (TPSA) is 71.8 Å². The Kier molecular flexibility index (Phi) is 6.69. The number of amides is 1. The third kappa shape index (κ3) is 5.66. The Hall–Kier alpha value is -3.27. The molecule has 0 spiro atoms. The molecule has 0 aliphatic carbocycles. The van der Waals surface area contributed by atoms with Crippen LogP contribution >= 0.6 is 0 Å². The third-order valence-electron chi connectivity index (χ3n) is 4.64. The van der Waals surface area contributed by atoms with Crippen LogP contribution in [0.25, 0.3) is 5.69 Å². The van der Waals surface area contributed by atoms with E-state index < -0.39 is 17.6 Å². The molecule has 6 nitrogen and oxygen atoms in total. The lowest BCUT2D eigenvalue weighted by atomic mass is 9.96. The summed E-state index contributed by atoms with van der Waals surface area (Å²) in [4.78, 5) is 16.3. The molecule has 3 rings (SSSR count). The molecule has 1 amide bonds. The Bertz CT molecular complexity index is 1020. The van der Waals surface area contributed by atoms with Crippen molar-refractivity contribution in [2.24, 2.45) is 5.92 Å². The number of nitrogens with zero attached hydrogens (tertiary/aromatic N) is 3. The fourth-order valence-corrected chi connectivity index (χ4v) is 3.15. The number of rotatable bonds is 7. The second kappa shape index (κ2) is 9.25. The summed E-state index contributed by atoms with van der Waals surface area (Å²) >= 11 is 0. The smallest absolute Gasteiger partial charge is 0.323 e. The summed E-state index contributed by atoms with van der Waals surface area (Å²) < 4.78 is 53.9. The molecule has 1 atom stereocenters. The molecule has 10 heteroatoms. The Labute approximate surface area is 176 Å². The Morgan fingerprint density at radius 3 is 2.42 bits per heavy atom. The van der Waals surface area contributed by atoms with Gasteiger partial charge in [-0.3, -0.25) is 4.79 Å². The van der Waals surface area contributed by atoms with Crippen LogP contribution in [0.5, 0.6) is 0 Å². The molecule has 2 N–H and O–H groups in total. The van der Waals surface area contributed by atoms with Crippen LogP contribution in [0.4, 0.5) is 23.2 Å². The summed E-state index contributed by atoms with van der Waals surface area (Å²) in [5, 5.41) is 9.52. The van der Waals surface area contributed by atoms with Gasteiger partial charge in [0.05, 0.1) is 23.5 Å². The van der Waals surface area contributed by atoms with Crippen molar-refractivity contribution in [2.75, 3.05) is 11.9 Å². The molecular formula is C21H21F4N5O. The average Bonchev–Trinajstić information content (AvgIpc) is 3.23. The molecule has 0 saturated heterocycles. The van der Waals surface area contributed by atoms with Gasteiger partial charge in [0.25, 0.3) is 0 Å². The first-order valence-corrected chi connectivity index (χ1v) is 9.50. The van der Waals surface area contributed by atoms with E-state index in [-0.39, 0.29) is 35.7 Å². The van der Waals surface area contributed by atoms with Crippen LogP contribution < -0.4 is 10.6 Å². The highest BCUT2D eigenvalue weighted by Crippen LogP contribution is 2.33. The predicted molar refractivity (Wildman–Crippen MR) is 107 cm³/mol. The zero-order valence-corrected chi connectivity index (χ0v) is 16.8. The van der Waals surface area contributed by atoms with Crippen molar-refractivity contribution in [1.29, 1.82) is 0 Å². The highest BCUT2D eigenvalue weighted by Gasteiger charge is 2.31. The van der Waals surface area contributed by atoms with Crippen molar-refractivity contribution in [3.05, 3.63) is 72.1 Å². The number of halogens is 4. The summed E-state index contributed by atoms with van der Waals surface area (Å²) in [7, 11) is 0. The minimum atomic E-state index is -4.57. The van der Waals surface area contributed by atoms with Crippen molar-refractivity contribution in [2.45, 2.75) is 26.1 Å². The first-order chi connectivity index (χ1) is 14.6. The highest BCUT2D eigenvalue weighted by atomic mass is 19.4. The Morgan fingerprint density at radius 2 is 1.84 bits per heavy atom. The minimum Gasteiger partial charge on any atom is -0.323 e. The van der Waals surface area contributed by atoms with E-state index in [1.807, 2.05) is 13.8 Å². The number of aromatic nitrogens is 3. The molecule has 3 aromatic rings. The van der Waals surface area contributed by atoms with Crippen LogP contribution in [-0.2, 0) is 11.0 Å². The predicted octanol–water partition coefficient (Wildman–Crippen LogP) is 4.35. The molecule has 1 heterocycles. The zero-order valence-electron chi connectivity index (χ0n) is 16.8. The van der Waals surface area contributed by atoms with Gasteiger partial charge in [-0.15, -0.1) is 0 Å². The van der Waals surface area contributed by atoms with Crippen LogP contribution in [0.2, 0.25) is 0 Å². The van der Waals surface area contributed by atoms with Gasteiger partial charge in [0, 0.05) is 6.04 Å². The number of benzene rings is 2. The number of hydrogen-bond acceptors (Lipinski definition) is 4. The number of anilines is 1. The van der Waals surface area contributed by atoms with Crippen LogP contribution in [-0.4, -0.2) is 27.2 Å². The Morgan fingerprint density at radius 1 is 1.13 bits per heavy atom. The number of alkyl halides is 3. The van der Waals surface area contributed by atoms with E-state index in [0.29, 0.717) is 0 Å². The van der Waals surface area contributed by atoms with Crippen LogP contribution in [0, 0.1) is 11.7 Å². The summed E-state index contributed by atoms with van der Waals surface area (Å²) in [6.07, 6.45) is -2.01. The maximum absolute atomic E-state index is 13.2. The quantitative estimate of drug-likeness (QED) is 0.542. The average molecular weight is 435 g/mol. The molecule has 0 radical (unpaired) electrons. The van der Waals surface area contributed by atoms with E-state index in [2.05, 4.69) is 20.7 Å². The monoisotopic (exact) mass is 435 g/mol. The van der Waals surface area contributed by atoms with E-state index in [9.17, 15) is 22.4 Å². The molecule has 0 aliphatic rings. The minimum absolute atomic E-state index is 0.0463. The van der Waals surface area contributed by atoms with E-state index in [0.717, 1.165) is 17.7 Å². The largest absolute Gasteiger partial charge is 0.416 e. The van der Waals surface area contributed by atoms with Gasteiger partial charge >= 0.3 is 6.18 Å². The van der Waals surface area contributed by atoms with Crippen molar-refractivity contribution < 1.29 is 22.4 Å². The van der Waals surface area contributed by atoms with Crippen molar-refractivity contribution >= 4 is 11.6 Å². The van der Waals surface area contributed by atoms with E-state index >= 15 is 0 Å². The molecule has 0 aliphatic heterocycles. The lowest BCUT2D eigenvalue weighted by molar-refractivity contribution is -0.137. The molecule has 0 bridgehead atoms. The number of carbonyl (C=O) groups is 1. The number of carbonyl (C=O) groups excluding carboxylic acids is 1. The maximum Gasteiger partial charge on any atom is 0.416 e. The van der Waals surface area contributed by atoms with Crippen LogP contribution in [0.15, 0.2) is 55.1 Å². The second-order valence-corrected chi connectivity index (χ2v) is 7.27. The number of hydrogen-bond donors (Lipinski definition) is 2. The van der Waals surface area contributed by atoms with Crippen molar-refractivity contribution in [3.63, 3.8) is 0 Å². The SMILES string of the molecule is CC(C)[C@H](NCC(=O)Nc1cc(C(F)(F)F)ccc1-n1cncn1)c1ccc(F)cc1. The Balaban J connectivity index is 1.78. The number of nitrogens with one attached hydrogen (secondary N) is 2. The lowest BCUT2D eigenvalue weighted by Crippen LogP contribution is -2.34. The molecule has 0 unspecified atom stereocenters. The van der Waals surface area contributed by atoms with E-state index in [4.69, 9.17) is 0 Å². The normalized spacial score (nSPS) is 12.7. The zero-order chi connectivity index (χ0) is 22.6. The molecule has 1 aromatic heterocycles. The van der Waals surface area contributed by atoms with Gasteiger partial charge in [0.2, 0.25) is 5.91 Å². The van der Waals surface area contributed by atoms with Gasteiger partial charge in [-0.1, -0.05) is 26.0 Å². The first kappa shape index (κ1) is 22.4.